The normalized spacial score (nSPS) is 11.4. The quantitative estimate of drug-likeness (QED) is 0.882. The van der Waals surface area contributed by atoms with Gasteiger partial charge in [0.1, 0.15) is 0 Å². The van der Waals surface area contributed by atoms with Crippen molar-refractivity contribution >= 4 is 33.4 Å². The van der Waals surface area contributed by atoms with E-state index in [1.807, 2.05) is 0 Å². The van der Waals surface area contributed by atoms with Crippen molar-refractivity contribution in [1.82, 2.24) is 5.32 Å². The smallest absolute Gasteiger partial charge is 0.251 e. The Hall–Kier alpha value is -0.540. The largest absolute Gasteiger partial charge is 0.352 e. The summed E-state index contributed by atoms with van der Waals surface area (Å²) in [6.07, 6.45) is 1.03. The second-order valence-electron chi connectivity index (χ2n) is 4.83. The molecule has 1 N–H and O–H groups in total. The number of hydrogen-bond donors (Lipinski definition) is 1. The summed E-state index contributed by atoms with van der Waals surface area (Å²) in [5, 5.41) is 3.54. The molecule has 4 heteroatoms. The molecule has 0 saturated heterocycles. The van der Waals surface area contributed by atoms with Crippen LogP contribution < -0.4 is 5.32 Å². The van der Waals surface area contributed by atoms with Crippen LogP contribution >= 0.6 is 27.5 Å². The summed E-state index contributed by atoms with van der Waals surface area (Å²) < 4.78 is 0.738. The van der Waals surface area contributed by atoms with Crippen LogP contribution in [0.2, 0.25) is 5.02 Å². The molecule has 0 heterocycles. The van der Waals surface area contributed by atoms with Gasteiger partial charge in [0.2, 0.25) is 0 Å². The maximum atomic E-state index is 11.9. The molecule has 94 valence electrons. The lowest BCUT2D eigenvalue weighted by molar-refractivity contribution is 0.0935. The number of benzene rings is 1. The first-order valence-corrected chi connectivity index (χ1v) is 6.76. The van der Waals surface area contributed by atoms with Crippen LogP contribution in [0.3, 0.4) is 0 Å². The molecule has 0 fully saturated rings. The van der Waals surface area contributed by atoms with E-state index < -0.39 is 0 Å². The number of halogens is 2. The summed E-state index contributed by atoms with van der Waals surface area (Å²) >= 11 is 9.19. The zero-order chi connectivity index (χ0) is 13.1. The average Bonchev–Trinajstić information content (AvgIpc) is 2.30. The molecule has 0 saturated carbocycles. The lowest BCUT2D eigenvalue weighted by Crippen LogP contribution is -2.33. The van der Waals surface area contributed by atoms with Crippen molar-refractivity contribution in [3.05, 3.63) is 33.3 Å². The number of amides is 1. The van der Waals surface area contributed by atoms with Gasteiger partial charge in [-0.2, -0.15) is 0 Å². The van der Waals surface area contributed by atoms with Crippen LogP contribution in [0.15, 0.2) is 22.7 Å². The van der Waals surface area contributed by atoms with E-state index in [9.17, 15) is 4.79 Å². The van der Waals surface area contributed by atoms with Gasteiger partial charge in [0, 0.05) is 16.6 Å². The fourth-order valence-corrected chi connectivity index (χ4v) is 1.68. The van der Waals surface area contributed by atoms with Gasteiger partial charge in [0.05, 0.1) is 5.02 Å². The molecule has 0 atom stereocenters. The Morgan fingerprint density at radius 3 is 2.65 bits per heavy atom. The Bertz CT molecular complexity index is 418. The summed E-state index contributed by atoms with van der Waals surface area (Å²) in [6, 6.07) is 5.17. The highest BCUT2D eigenvalue weighted by Gasteiger charge is 2.16. The fraction of sp³-hybridized carbons (Fsp3) is 0.462. The van der Waals surface area contributed by atoms with Gasteiger partial charge in [-0.25, -0.2) is 0 Å². The Morgan fingerprint density at radius 1 is 1.47 bits per heavy atom. The van der Waals surface area contributed by atoms with E-state index in [2.05, 4.69) is 42.0 Å². The van der Waals surface area contributed by atoms with Gasteiger partial charge in [-0.15, -0.1) is 0 Å². The third-order valence-electron chi connectivity index (χ3n) is 2.87. The molecular formula is C13H17BrClNO. The molecule has 0 aliphatic carbocycles. The zero-order valence-corrected chi connectivity index (χ0v) is 12.7. The lowest BCUT2D eigenvalue weighted by Gasteiger charge is -2.22. The van der Waals surface area contributed by atoms with E-state index in [1.54, 1.807) is 18.2 Å². The van der Waals surface area contributed by atoms with Gasteiger partial charge in [-0.3, -0.25) is 4.79 Å². The fourth-order valence-electron chi connectivity index (χ4n) is 1.18. The topological polar surface area (TPSA) is 29.1 Å². The van der Waals surface area contributed by atoms with E-state index in [-0.39, 0.29) is 11.3 Å². The molecule has 0 spiro atoms. The molecule has 0 aliphatic rings. The van der Waals surface area contributed by atoms with E-state index in [0.29, 0.717) is 17.1 Å². The first-order valence-electron chi connectivity index (χ1n) is 5.59. The number of hydrogen-bond acceptors (Lipinski definition) is 1. The molecule has 0 unspecified atom stereocenters. The van der Waals surface area contributed by atoms with Crippen molar-refractivity contribution in [2.24, 2.45) is 5.41 Å². The second-order valence-corrected chi connectivity index (χ2v) is 6.09. The maximum Gasteiger partial charge on any atom is 0.251 e. The summed E-state index contributed by atoms with van der Waals surface area (Å²) in [5.41, 5.74) is 0.743. The number of nitrogens with one attached hydrogen (secondary N) is 1. The van der Waals surface area contributed by atoms with Gasteiger partial charge in [0.25, 0.3) is 5.91 Å². The van der Waals surface area contributed by atoms with E-state index in [0.717, 1.165) is 10.9 Å². The number of carbonyl (C=O) groups excluding carboxylic acids is 1. The van der Waals surface area contributed by atoms with Crippen LogP contribution in [-0.4, -0.2) is 12.5 Å². The molecule has 2 nitrogen and oxygen atoms in total. The van der Waals surface area contributed by atoms with Gasteiger partial charge in [-0.05, 0) is 46.0 Å². The molecule has 0 radical (unpaired) electrons. The SMILES string of the molecule is CCC(C)(C)CNC(=O)c1ccc(Cl)c(Br)c1. The minimum absolute atomic E-state index is 0.0658. The summed E-state index contributed by atoms with van der Waals surface area (Å²) in [5.74, 6) is -0.0658. The minimum atomic E-state index is -0.0658. The Morgan fingerprint density at radius 2 is 2.12 bits per heavy atom. The third-order valence-corrected chi connectivity index (χ3v) is 4.08. The van der Waals surface area contributed by atoms with Gasteiger partial charge in [-0.1, -0.05) is 32.4 Å². The van der Waals surface area contributed by atoms with Crippen molar-refractivity contribution in [2.45, 2.75) is 27.2 Å². The molecule has 0 bridgehead atoms. The van der Waals surface area contributed by atoms with Crippen LogP contribution in [0.1, 0.15) is 37.6 Å². The monoisotopic (exact) mass is 317 g/mol. The number of rotatable bonds is 4. The molecule has 1 rings (SSSR count). The predicted octanol–water partition coefficient (Wildman–Crippen LogP) is 4.27. The molecule has 1 aromatic carbocycles. The van der Waals surface area contributed by atoms with Crippen molar-refractivity contribution < 1.29 is 4.79 Å². The highest BCUT2D eigenvalue weighted by atomic mass is 79.9. The summed E-state index contributed by atoms with van der Waals surface area (Å²) in [6.45, 7) is 7.05. The lowest BCUT2D eigenvalue weighted by atomic mass is 9.90. The third kappa shape index (κ3) is 4.32. The predicted molar refractivity (Wildman–Crippen MR) is 75.6 cm³/mol. The van der Waals surface area contributed by atoms with E-state index >= 15 is 0 Å². The Kier molecular flexibility index (Phi) is 5.02. The molecular weight excluding hydrogens is 302 g/mol. The second kappa shape index (κ2) is 5.87. The van der Waals surface area contributed by atoms with E-state index in [1.165, 1.54) is 0 Å². The van der Waals surface area contributed by atoms with Crippen molar-refractivity contribution in [2.75, 3.05) is 6.54 Å². The highest BCUT2D eigenvalue weighted by molar-refractivity contribution is 9.10. The highest BCUT2D eigenvalue weighted by Crippen LogP contribution is 2.23. The zero-order valence-electron chi connectivity index (χ0n) is 10.3. The molecule has 1 amide bonds. The van der Waals surface area contributed by atoms with Gasteiger partial charge in [0.15, 0.2) is 0 Å². The first kappa shape index (κ1) is 14.5. The van der Waals surface area contributed by atoms with Crippen molar-refractivity contribution in [3.63, 3.8) is 0 Å². The Balaban J connectivity index is 2.68. The van der Waals surface area contributed by atoms with Gasteiger partial charge < -0.3 is 5.32 Å². The molecule has 0 aromatic heterocycles. The summed E-state index contributed by atoms with van der Waals surface area (Å²) in [7, 11) is 0. The minimum Gasteiger partial charge on any atom is -0.352 e. The number of carbonyl (C=O) groups is 1. The van der Waals surface area contributed by atoms with Gasteiger partial charge >= 0.3 is 0 Å². The average molecular weight is 319 g/mol. The van der Waals surface area contributed by atoms with Crippen molar-refractivity contribution in [1.29, 1.82) is 0 Å². The van der Waals surface area contributed by atoms with Crippen LogP contribution in [0.5, 0.6) is 0 Å². The standard InChI is InChI=1S/C13H17BrClNO/c1-4-13(2,3)8-16-12(17)9-5-6-11(15)10(14)7-9/h5-7H,4,8H2,1-3H3,(H,16,17). The molecule has 0 aliphatic heterocycles. The van der Waals surface area contributed by atoms with Crippen LogP contribution in [0, 0.1) is 5.41 Å². The molecule has 1 aromatic rings. The summed E-state index contributed by atoms with van der Waals surface area (Å²) in [4.78, 5) is 11.9. The van der Waals surface area contributed by atoms with E-state index in [4.69, 9.17) is 11.6 Å². The maximum absolute atomic E-state index is 11.9. The van der Waals surface area contributed by atoms with Crippen LogP contribution in [0.25, 0.3) is 0 Å². The van der Waals surface area contributed by atoms with Crippen LogP contribution in [-0.2, 0) is 0 Å². The van der Waals surface area contributed by atoms with Crippen LogP contribution in [0.4, 0.5) is 0 Å². The first-order chi connectivity index (χ1) is 7.85. The molecule has 17 heavy (non-hydrogen) atoms. The van der Waals surface area contributed by atoms with Crippen molar-refractivity contribution in [3.8, 4) is 0 Å². The Labute approximate surface area is 116 Å².